The van der Waals surface area contributed by atoms with Gasteiger partial charge in [0.25, 0.3) is 0 Å². The molecular formula is C45H25N5. The Balaban J connectivity index is 1.28. The Bertz CT molecular complexity index is 2970. The minimum atomic E-state index is 0.574. The normalized spacial score (nSPS) is 11.1. The van der Waals surface area contributed by atoms with Gasteiger partial charge in [0.2, 0.25) is 0 Å². The van der Waals surface area contributed by atoms with Crippen molar-refractivity contribution in [1.29, 1.82) is 10.5 Å². The molecule has 0 fully saturated rings. The molecule has 0 bridgehead atoms. The van der Waals surface area contributed by atoms with Gasteiger partial charge in [0.1, 0.15) is 0 Å². The van der Waals surface area contributed by atoms with Gasteiger partial charge in [0, 0.05) is 27.4 Å². The SMILES string of the molecule is [C-]#[N+]c1ccc2c(c1)c1ccccc1n2-c1ccc(C#N)cc1-c1ccccc1-c1cccc(-n2c3ccccc3c3cc(C#N)ccc32)c1. The van der Waals surface area contributed by atoms with E-state index in [0.717, 1.165) is 77.2 Å². The van der Waals surface area contributed by atoms with E-state index in [0.29, 0.717) is 16.8 Å². The Morgan fingerprint density at radius 3 is 1.82 bits per heavy atom. The van der Waals surface area contributed by atoms with Crippen LogP contribution in [-0.2, 0) is 0 Å². The number of rotatable bonds is 4. The van der Waals surface area contributed by atoms with E-state index in [1.165, 1.54) is 0 Å². The number of hydrogen-bond acceptors (Lipinski definition) is 2. The van der Waals surface area contributed by atoms with E-state index in [9.17, 15) is 10.5 Å². The van der Waals surface area contributed by atoms with Crippen LogP contribution in [0.1, 0.15) is 11.1 Å². The second-order valence-corrected chi connectivity index (χ2v) is 12.3. The summed E-state index contributed by atoms with van der Waals surface area (Å²) in [5.74, 6) is 0. The van der Waals surface area contributed by atoms with Crippen LogP contribution in [0.3, 0.4) is 0 Å². The summed E-state index contributed by atoms with van der Waals surface area (Å²) in [6, 6.07) is 55.7. The zero-order valence-corrected chi connectivity index (χ0v) is 26.7. The lowest BCUT2D eigenvalue weighted by Gasteiger charge is -2.18. The fourth-order valence-corrected chi connectivity index (χ4v) is 7.41. The number of para-hydroxylation sites is 2. The number of benzene rings is 7. The summed E-state index contributed by atoms with van der Waals surface area (Å²) in [6.07, 6.45) is 0. The molecule has 0 aliphatic heterocycles. The summed E-state index contributed by atoms with van der Waals surface area (Å²) in [6.45, 7) is 7.63. The lowest BCUT2D eigenvalue weighted by molar-refractivity contribution is 1.18. The Kier molecular flexibility index (Phi) is 6.56. The average Bonchev–Trinajstić information content (AvgIpc) is 3.69. The summed E-state index contributed by atoms with van der Waals surface area (Å²) in [5, 5.41) is 23.9. The molecule has 0 unspecified atom stereocenters. The molecule has 0 saturated heterocycles. The van der Waals surface area contributed by atoms with E-state index in [-0.39, 0.29) is 0 Å². The third-order valence-corrected chi connectivity index (χ3v) is 9.59. The van der Waals surface area contributed by atoms with Crippen molar-refractivity contribution in [3.05, 3.63) is 174 Å². The first-order valence-corrected chi connectivity index (χ1v) is 16.3. The Hall–Kier alpha value is -7.39. The molecule has 230 valence electrons. The van der Waals surface area contributed by atoms with Gasteiger partial charge in [-0.3, -0.25) is 0 Å². The summed E-state index contributed by atoms with van der Waals surface area (Å²) in [4.78, 5) is 3.70. The van der Waals surface area contributed by atoms with E-state index in [1.807, 2.05) is 84.9 Å². The molecule has 2 heterocycles. The molecule has 0 radical (unpaired) electrons. The molecular weight excluding hydrogens is 611 g/mol. The molecule has 0 N–H and O–H groups in total. The van der Waals surface area contributed by atoms with Gasteiger partial charge in [0.15, 0.2) is 5.69 Å². The zero-order valence-electron chi connectivity index (χ0n) is 26.7. The second kappa shape index (κ2) is 11.4. The Morgan fingerprint density at radius 2 is 1.06 bits per heavy atom. The van der Waals surface area contributed by atoms with Gasteiger partial charge < -0.3 is 9.13 Å². The highest BCUT2D eigenvalue weighted by atomic mass is 15.0. The summed E-state index contributed by atoms with van der Waals surface area (Å²) in [5.41, 5.74) is 11.9. The fraction of sp³-hybridized carbons (Fsp3) is 0. The largest absolute Gasteiger partial charge is 0.309 e. The van der Waals surface area contributed by atoms with Gasteiger partial charge in [0.05, 0.1) is 57.6 Å². The molecule has 0 spiro atoms. The van der Waals surface area contributed by atoms with E-state index < -0.39 is 0 Å². The van der Waals surface area contributed by atoms with Gasteiger partial charge in [-0.2, -0.15) is 10.5 Å². The third-order valence-electron chi connectivity index (χ3n) is 9.59. The maximum atomic E-state index is 10.1. The van der Waals surface area contributed by atoms with E-state index in [1.54, 1.807) is 0 Å². The summed E-state index contributed by atoms with van der Waals surface area (Å²) in [7, 11) is 0. The van der Waals surface area contributed by atoms with Crippen molar-refractivity contribution >= 4 is 49.3 Å². The quantitative estimate of drug-likeness (QED) is 0.181. The number of fused-ring (bicyclic) bond motifs is 6. The second-order valence-electron chi connectivity index (χ2n) is 12.3. The van der Waals surface area contributed by atoms with Crippen molar-refractivity contribution in [2.24, 2.45) is 0 Å². The number of nitriles is 2. The summed E-state index contributed by atoms with van der Waals surface area (Å²) < 4.78 is 4.50. The molecule has 2 aromatic heterocycles. The van der Waals surface area contributed by atoms with E-state index >= 15 is 0 Å². The van der Waals surface area contributed by atoms with Crippen molar-refractivity contribution in [3.63, 3.8) is 0 Å². The fourth-order valence-electron chi connectivity index (χ4n) is 7.41. The lowest BCUT2D eigenvalue weighted by Crippen LogP contribution is -1.99. The molecule has 0 aliphatic carbocycles. The first kappa shape index (κ1) is 28.8. The first-order chi connectivity index (χ1) is 24.7. The van der Waals surface area contributed by atoms with E-state index in [4.69, 9.17) is 6.57 Å². The van der Waals surface area contributed by atoms with Crippen LogP contribution in [-0.4, -0.2) is 9.13 Å². The van der Waals surface area contributed by atoms with Crippen LogP contribution in [0.5, 0.6) is 0 Å². The maximum Gasteiger partial charge on any atom is 0.188 e. The zero-order chi connectivity index (χ0) is 33.8. The molecule has 7 aromatic carbocycles. The minimum absolute atomic E-state index is 0.574. The molecule has 5 nitrogen and oxygen atoms in total. The average molecular weight is 636 g/mol. The molecule has 0 amide bonds. The van der Waals surface area contributed by atoms with Crippen molar-refractivity contribution in [2.75, 3.05) is 0 Å². The van der Waals surface area contributed by atoms with Crippen molar-refractivity contribution in [1.82, 2.24) is 9.13 Å². The maximum absolute atomic E-state index is 10.1. The smallest absolute Gasteiger partial charge is 0.188 e. The molecule has 0 aliphatic rings. The molecule has 9 rings (SSSR count). The van der Waals surface area contributed by atoms with Gasteiger partial charge >= 0.3 is 0 Å². The number of nitrogens with zero attached hydrogens (tertiary/aromatic N) is 5. The van der Waals surface area contributed by atoms with Crippen molar-refractivity contribution in [2.45, 2.75) is 0 Å². The van der Waals surface area contributed by atoms with Crippen molar-refractivity contribution in [3.8, 4) is 45.8 Å². The monoisotopic (exact) mass is 635 g/mol. The van der Waals surface area contributed by atoms with Crippen LogP contribution < -0.4 is 0 Å². The van der Waals surface area contributed by atoms with Crippen LogP contribution in [0.15, 0.2) is 152 Å². The topological polar surface area (TPSA) is 61.8 Å². The Morgan fingerprint density at radius 1 is 0.460 bits per heavy atom. The summed E-state index contributed by atoms with van der Waals surface area (Å²) >= 11 is 0. The standard InChI is InChI=1S/C45H25N5/c1-48-32-19-22-45-40(26-32)37-14-5-7-16-42(37)50(45)44-21-18-29(27-46)23-38(44)35-12-3-2-11-34(35)31-9-8-10-33(25-31)49-41-15-6-4-13-36(41)39-24-30(28-47)17-20-43(39)49/h2-26H. The van der Waals surface area contributed by atoms with Gasteiger partial charge in [-0.1, -0.05) is 78.9 Å². The minimum Gasteiger partial charge on any atom is -0.309 e. The molecule has 0 atom stereocenters. The molecule has 9 aromatic rings. The van der Waals surface area contributed by atoms with Gasteiger partial charge in [-0.05, 0) is 94.9 Å². The number of hydrogen-bond donors (Lipinski definition) is 0. The van der Waals surface area contributed by atoms with Crippen LogP contribution in [0.25, 0.3) is 82.1 Å². The lowest BCUT2D eigenvalue weighted by atomic mass is 9.92. The Labute approximate surface area is 288 Å². The molecule has 50 heavy (non-hydrogen) atoms. The van der Waals surface area contributed by atoms with Crippen molar-refractivity contribution < 1.29 is 0 Å². The van der Waals surface area contributed by atoms with Crippen LogP contribution in [0.4, 0.5) is 5.69 Å². The molecule has 5 heteroatoms. The first-order valence-electron chi connectivity index (χ1n) is 16.3. The predicted molar refractivity (Wildman–Crippen MR) is 202 cm³/mol. The van der Waals surface area contributed by atoms with E-state index in [2.05, 4.69) is 92.8 Å². The highest BCUT2D eigenvalue weighted by Gasteiger charge is 2.19. The highest BCUT2D eigenvalue weighted by molar-refractivity contribution is 6.11. The van der Waals surface area contributed by atoms with Gasteiger partial charge in [-0.25, -0.2) is 4.85 Å². The predicted octanol–water partition coefficient (Wildman–Crippen LogP) is 11.5. The van der Waals surface area contributed by atoms with Crippen LogP contribution in [0, 0.1) is 29.2 Å². The highest BCUT2D eigenvalue weighted by Crippen LogP contribution is 2.41. The number of aromatic nitrogens is 2. The van der Waals surface area contributed by atoms with Crippen LogP contribution >= 0.6 is 0 Å². The van der Waals surface area contributed by atoms with Crippen LogP contribution in [0.2, 0.25) is 0 Å². The molecule has 0 saturated carbocycles. The van der Waals surface area contributed by atoms with Gasteiger partial charge in [-0.15, -0.1) is 0 Å². The third kappa shape index (κ3) is 4.38.